The lowest BCUT2D eigenvalue weighted by atomic mass is 10.0. The van der Waals surface area contributed by atoms with Crippen LogP contribution in [0.3, 0.4) is 0 Å². The number of fused-ring (bicyclic) bond motifs is 2. The Morgan fingerprint density at radius 3 is 2.10 bits per heavy atom. The van der Waals surface area contributed by atoms with Gasteiger partial charge in [-0.1, -0.05) is 113 Å². The maximum atomic E-state index is 13.2. The van der Waals surface area contributed by atoms with Gasteiger partial charge in [-0.2, -0.15) is 0 Å². The normalized spacial score (nSPS) is 12.2. The standard InChI is InChI=1S/C36H48N2O2/c1-2-3-4-5-6-7-8-9-10-11-12-13-14-15-16-25-35(39)37-29-28-36(40)38-30-33-23-18-17-21-31(33)26-27-32-22-19-20-24-34(32)38/h9-10,17-24H,2-8,11-16,25,28-30H2,1H3,(H,37,39)/b10-9-. The number of allylic oxidation sites excluding steroid dienone is 2. The van der Waals surface area contributed by atoms with E-state index in [2.05, 4.69) is 36.2 Å². The van der Waals surface area contributed by atoms with Crippen LogP contribution in [0.2, 0.25) is 0 Å². The number of carbonyl (C=O) groups excluding carboxylic acids is 2. The van der Waals surface area contributed by atoms with Crippen LogP contribution in [0.25, 0.3) is 0 Å². The van der Waals surface area contributed by atoms with Crippen molar-refractivity contribution in [1.29, 1.82) is 0 Å². The maximum Gasteiger partial charge on any atom is 0.229 e. The van der Waals surface area contributed by atoms with Crippen LogP contribution < -0.4 is 10.2 Å². The molecule has 2 aromatic carbocycles. The third kappa shape index (κ3) is 11.4. The van der Waals surface area contributed by atoms with Crippen LogP contribution in [0.1, 0.15) is 120 Å². The van der Waals surface area contributed by atoms with Gasteiger partial charge in [0, 0.05) is 30.5 Å². The lowest BCUT2D eigenvalue weighted by molar-refractivity contribution is -0.121. The number of carbonyl (C=O) groups is 2. The van der Waals surface area contributed by atoms with Gasteiger partial charge in [0.15, 0.2) is 0 Å². The van der Waals surface area contributed by atoms with Crippen LogP contribution in [0.5, 0.6) is 0 Å². The van der Waals surface area contributed by atoms with E-state index in [0.29, 0.717) is 19.5 Å². The molecule has 3 rings (SSSR count). The summed E-state index contributed by atoms with van der Waals surface area (Å²) in [7, 11) is 0. The van der Waals surface area contributed by atoms with E-state index in [4.69, 9.17) is 0 Å². The Labute approximate surface area is 242 Å². The molecule has 214 valence electrons. The summed E-state index contributed by atoms with van der Waals surface area (Å²) in [6.45, 7) is 3.10. The Morgan fingerprint density at radius 2 is 1.35 bits per heavy atom. The van der Waals surface area contributed by atoms with Crippen LogP contribution in [0, 0.1) is 11.8 Å². The first kappa shape index (κ1) is 31.2. The molecular formula is C36H48N2O2. The van der Waals surface area contributed by atoms with Crippen molar-refractivity contribution in [1.82, 2.24) is 5.32 Å². The molecular weight excluding hydrogens is 492 g/mol. The van der Waals surface area contributed by atoms with Gasteiger partial charge in [-0.25, -0.2) is 0 Å². The molecule has 0 fully saturated rings. The fourth-order valence-electron chi connectivity index (χ4n) is 5.10. The van der Waals surface area contributed by atoms with Crippen molar-refractivity contribution in [3.63, 3.8) is 0 Å². The maximum absolute atomic E-state index is 13.2. The summed E-state index contributed by atoms with van der Waals surface area (Å²) in [4.78, 5) is 27.4. The number of benzene rings is 2. The molecule has 0 unspecified atom stereocenters. The van der Waals surface area contributed by atoms with Gasteiger partial charge >= 0.3 is 0 Å². The van der Waals surface area contributed by atoms with Gasteiger partial charge in [-0.3, -0.25) is 9.59 Å². The van der Waals surface area contributed by atoms with E-state index in [9.17, 15) is 9.59 Å². The molecule has 1 aliphatic rings. The van der Waals surface area contributed by atoms with Crippen molar-refractivity contribution < 1.29 is 9.59 Å². The molecule has 1 N–H and O–H groups in total. The molecule has 0 bridgehead atoms. The van der Waals surface area contributed by atoms with Crippen molar-refractivity contribution in [2.75, 3.05) is 11.4 Å². The number of unbranched alkanes of at least 4 members (excludes halogenated alkanes) is 11. The Balaban J connectivity index is 1.26. The number of hydrogen-bond donors (Lipinski definition) is 1. The minimum Gasteiger partial charge on any atom is -0.356 e. The Kier molecular flexibility index (Phi) is 14.7. The Hall–Kier alpha value is -3.32. The van der Waals surface area contributed by atoms with Crippen LogP contribution in [-0.4, -0.2) is 18.4 Å². The lowest BCUT2D eigenvalue weighted by Gasteiger charge is -2.26. The summed E-state index contributed by atoms with van der Waals surface area (Å²) in [5.74, 6) is 6.50. The molecule has 0 radical (unpaired) electrons. The van der Waals surface area contributed by atoms with Crippen molar-refractivity contribution in [3.8, 4) is 11.8 Å². The zero-order chi connectivity index (χ0) is 28.3. The first-order chi connectivity index (χ1) is 19.7. The van der Waals surface area contributed by atoms with E-state index in [1.165, 1.54) is 70.6 Å². The fraction of sp³-hybridized carbons (Fsp3) is 0.500. The second kappa shape index (κ2) is 18.9. The molecule has 2 aromatic rings. The van der Waals surface area contributed by atoms with E-state index >= 15 is 0 Å². The zero-order valence-electron chi connectivity index (χ0n) is 24.6. The second-order valence-corrected chi connectivity index (χ2v) is 10.8. The summed E-state index contributed by atoms with van der Waals surface area (Å²) >= 11 is 0. The lowest BCUT2D eigenvalue weighted by Crippen LogP contribution is -2.35. The highest BCUT2D eigenvalue weighted by Crippen LogP contribution is 2.25. The summed E-state index contributed by atoms with van der Waals surface area (Å²) in [6.07, 6.45) is 21.7. The third-order valence-corrected chi connectivity index (χ3v) is 7.50. The fourth-order valence-corrected chi connectivity index (χ4v) is 5.10. The van der Waals surface area contributed by atoms with E-state index in [1.807, 2.05) is 48.5 Å². The number of amides is 2. The Morgan fingerprint density at radius 1 is 0.750 bits per heavy atom. The quantitative estimate of drug-likeness (QED) is 0.117. The predicted molar refractivity (Wildman–Crippen MR) is 167 cm³/mol. The summed E-state index contributed by atoms with van der Waals surface area (Å²) in [5, 5.41) is 2.95. The molecule has 1 aliphatic heterocycles. The number of rotatable bonds is 18. The minimum absolute atomic E-state index is 0.00715. The van der Waals surface area contributed by atoms with E-state index < -0.39 is 0 Å². The van der Waals surface area contributed by atoms with Gasteiger partial charge in [-0.05, 0) is 55.9 Å². The van der Waals surface area contributed by atoms with Crippen molar-refractivity contribution in [2.24, 2.45) is 0 Å². The average Bonchev–Trinajstić information content (AvgIpc) is 2.96. The largest absolute Gasteiger partial charge is 0.356 e. The third-order valence-electron chi connectivity index (χ3n) is 7.50. The number of nitrogens with zero attached hydrogens (tertiary/aromatic N) is 1. The summed E-state index contributed by atoms with van der Waals surface area (Å²) < 4.78 is 0. The molecule has 0 aromatic heterocycles. The van der Waals surface area contributed by atoms with Crippen LogP contribution in [0.4, 0.5) is 5.69 Å². The van der Waals surface area contributed by atoms with Crippen LogP contribution in [0.15, 0.2) is 60.7 Å². The number of nitrogens with one attached hydrogen (secondary N) is 1. The molecule has 0 saturated carbocycles. The molecule has 4 nitrogen and oxygen atoms in total. The zero-order valence-corrected chi connectivity index (χ0v) is 24.6. The van der Waals surface area contributed by atoms with Crippen molar-refractivity contribution in [2.45, 2.75) is 110 Å². The van der Waals surface area contributed by atoms with E-state index in [-0.39, 0.29) is 18.2 Å². The average molecular weight is 541 g/mol. The molecule has 0 aliphatic carbocycles. The monoisotopic (exact) mass is 540 g/mol. The van der Waals surface area contributed by atoms with Crippen LogP contribution in [-0.2, 0) is 16.1 Å². The van der Waals surface area contributed by atoms with Gasteiger partial charge in [0.2, 0.25) is 11.8 Å². The first-order valence-electron chi connectivity index (χ1n) is 15.6. The number of anilines is 1. The summed E-state index contributed by atoms with van der Waals surface area (Å²) in [5.41, 5.74) is 3.65. The van der Waals surface area contributed by atoms with Gasteiger partial charge < -0.3 is 10.2 Å². The first-order valence-corrected chi connectivity index (χ1v) is 15.6. The predicted octanol–water partition coefficient (Wildman–Crippen LogP) is 8.48. The van der Waals surface area contributed by atoms with Crippen molar-refractivity contribution in [3.05, 3.63) is 77.4 Å². The molecule has 2 amide bonds. The smallest absolute Gasteiger partial charge is 0.229 e. The summed E-state index contributed by atoms with van der Waals surface area (Å²) in [6, 6.07) is 15.7. The second-order valence-electron chi connectivity index (χ2n) is 10.8. The molecule has 40 heavy (non-hydrogen) atoms. The van der Waals surface area contributed by atoms with Gasteiger partial charge in [-0.15, -0.1) is 0 Å². The topological polar surface area (TPSA) is 49.4 Å². The van der Waals surface area contributed by atoms with Crippen molar-refractivity contribution >= 4 is 17.5 Å². The minimum atomic E-state index is -0.00715. The molecule has 0 saturated heterocycles. The SMILES string of the molecule is CCCCCCCC/C=C\CCCCCCCC(=O)NCCC(=O)N1Cc2ccccc2C#Cc2ccccc21. The van der Waals surface area contributed by atoms with E-state index in [1.54, 1.807) is 4.90 Å². The Bertz CT molecular complexity index is 1140. The van der Waals surface area contributed by atoms with Gasteiger partial charge in [0.05, 0.1) is 12.2 Å². The molecule has 4 heteroatoms. The molecule has 0 spiro atoms. The van der Waals surface area contributed by atoms with Gasteiger partial charge in [0.25, 0.3) is 0 Å². The van der Waals surface area contributed by atoms with Crippen LogP contribution >= 0.6 is 0 Å². The van der Waals surface area contributed by atoms with Gasteiger partial charge in [0.1, 0.15) is 0 Å². The highest BCUT2D eigenvalue weighted by molar-refractivity contribution is 5.95. The highest BCUT2D eigenvalue weighted by atomic mass is 16.2. The van der Waals surface area contributed by atoms with E-state index in [0.717, 1.165) is 35.2 Å². The molecule has 1 heterocycles. The number of para-hydroxylation sites is 1. The highest BCUT2D eigenvalue weighted by Gasteiger charge is 2.21. The number of hydrogen-bond acceptors (Lipinski definition) is 2. The molecule has 0 atom stereocenters.